The largest absolute Gasteiger partial charge is 0.353 e. The number of carbonyl (C=O) groups is 1. The molecular weight excluding hydrogens is 342 g/mol. The lowest BCUT2D eigenvalue weighted by atomic mass is 10.1. The smallest absolute Gasteiger partial charge is 0.239 e. The minimum absolute atomic E-state index is 0.00458. The SMILES string of the molecule is C[C@H](C(=O)N(C)[C@H]1CCS(=O)(=O)C1)N1CCN(c2cnccn2)CC1. The molecule has 2 atom stereocenters. The van der Waals surface area contributed by atoms with E-state index in [1.165, 1.54) is 0 Å². The van der Waals surface area contributed by atoms with Crippen LogP contribution in [-0.4, -0.2) is 90.9 Å². The van der Waals surface area contributed by atoms with Gasteiger partial charge in [-0.05, 0) is 13.3 Å². The van der Waals surface area contributed by atoms with Gasteiger partial charge in [0.05, 0.1) is 23.7 Å². The van der Waals surface area contributed by atoms with Crippen LogP contribution in [0.5, 0.6) is 0 Å². The molecule has 1 amide bonds. The summed E-state index contributed by atoms with van der Waals surface area (Å²) >= 11 is 0. The third-order valence-electron chi connectivity index (χ3n) is 5.20. The highest BCUT2D eigenvalue weighted by atomic mass is 32.2. The number of nitrogens with zero attached hydrogens (tertiary/aromatic N) is 5. The number of aromatic nitrogens is 2. The summed E-state index contributed by atoms with van der Waals surface area (Å²) in [4.78, 5) is 27.1. The summed E-state index contributed by atoms with van der Waals surface area (Å²) in [6, 6.07) is -0.446. The maximum absolute atomic E-state index is 12.7. The number of likely N-dealkylation sites (N-methyl/N-ethyl adjacent to an activating group) is 1. The molecule has 2 saturated heterocycles. The van der Waals surface area contributed by atoms with Crippen LogP contribution in [0.3, 0.4) is 0 Å². The fourth-order valence-electron chi connectivity index (χ4n) is 3.50. The Bertz CT molecular complexity index is 704. The Balaban J connectivity index is 1.55. The van der Waals surface area contributed by atoms with Crippen molar-refractivity contribution in [3.63, 3.8) is 0 Å². The van der Waals surface area contributed by atoms with Crippen molar-refractivity contribution in [3.8, 4) is 0 Å². The van der Waals surface area contributed by atoms with Gasteiger partial charge in [0, 0.05) is 51.7 Å². The molecule has 9 heteroatoms. The number of amides is 1. The highest BCUT2D eigenvalue weighted by Crippen LogP contribution is 2.19. The quantitative estimate of drug-likeness (QED) is 0.718. The predicted octanol–water partition coefficient (Wildman–Crippen LogP) is -0.367. The molecule has 0 aliphatic carbocycles. The Hall–Kier alpha value is -1.74. The maximum atomic E-state index is 12.7. The number of anilines is 1. The van der Waals surface area contributed by atoms with Crippen molar-refractivity contribution in [2.75, 3.05) is 49.6 Å². The monoisotopic (exact) mass is 367 g/mol. The Morgan fingerprint density at radius 3 is 2.56 bits per heavy atom. The maximum Gasteiger partial charge on any atom is 0.239 e. The molecule has 0 spiro atoms. The average Bonchev–Trinajstić information content (AvgIpc) is 3.00. The zero-order valence-corrected chi connectivity index (χ0v) is 15.5. The summed E-state index contributed by atoms with van der Waals surface area (Å²) in [5.74, 6) is 1.12. The summed E-state index contributed by atoms with van der Waals surface area (Å²) in [6.07, 6.45) is 5.62. The van der Waals surface area contributed by atoms with Crippen molar-refractivity contribution in [2.45, 2.75) is 25.4 Å². The van der Waals surface area contributed by atoms with Gasteiger partial charge in [-0.1, -0.05) is 0 Å². The van der Waals surface area contributed by atoms with E-state index in [0.29, 0.717) is 6.42 Å². The molecule has 0 saturated carbocycles. The summed E-state index contributed by atoms with van der Waals surface area (Å²) in [5, 5.41) is 0. The Morgan fingerprint density at radius 2 is 2.00 bits per heavy atom. The molecule has 0 radical (unpaired) electrons. The van der Waals surface area contributed by atoms with E-state index in [1.54, 1.807) is 30.5 Å². The van der Waals surface area contributed by atoms with Gasteiger partial charge in [-0.2, -0.15) is 0 Å². The average molecular weight is 367 g/mol. The van der Waals surface area contributed by atoms with Crippen LogP contribution in [0.25, 0.3) is 0 Å². The third-order valence-corrected chi connectivity index (χ3v) is 6.95. The second-order valence-electron chi connectivity index (χ2n) is 6.77. The van der Waals surface area contributed by atoms with E-state index in [-0.39, 0.29) is 29.5 Å². The Labute approximate surface area is 148 Å². The molecule has 1 aromatic rings. The zero-order chi connectivity index (χ0) is 18.0. The molecule has 25 heavy (non-hydrogen) atoms. The van der Waals surface area contributed by atoms with Crippen LogP contribution in [0, 0.1) is 0 Å². The first kappa shape index (κ1) is 18.1. The van der Waals surface area contributed by atoms with Crippen molar-refractivity contribution in [1.82, 2.24) is 19.8 Å². The number of rotatable bonds is 4. The molecule has 8 nitrogen and oxygen atoms in total. The molecule has 138 valence electrons. The zero-order valence-electron chi connectivity index (χ0n) is 14.7. The van der Waals surface area contributed by atoms with E-state index in [4.69, 9.17) is 0 Å². The molecular formula is C16H25N5O3S. The van der Waals surface area contributed by atoms with Crippen molar-refractivity contribution in [2.24, 2.45) is 0 Å². The molecule has 0 unspecified atom stereocenters. The summed E-state index contributed by atoms with van der Waals surface area (Å²) in [6.45, 7) is 5.01. The summed E-state index contributed by atoms with van der Waals surface area (Å²) < 4.78 is 23.3. The van der Waals surface area contributed by atoms with E-state index in [2.05, 4.69) is 19.8 Å². The molecule has 1 aromatic heterocycles. The first-order chi connectivity index (χ1) is 11.9. The van der Waals surface area contributed by atoms with E-state index in [1.807, 2.05) is 6.92 Å². The minimum atomic E-state index is -2.99. The highest BCUT2D eigenvalue weighted by molar-refractivity contribution is 7.91. The molecule has 0 aromatic carbocycles. The lowest BCUT2D eigenvalue weighted by molar-refractivity contribution is -0.136. The van der Waals surface area contributed by atoms with Gasteiger partial charge in [-0.3, -0.25) is 14.7 Å². The van der Waals surface area contributed by atoms with Crippen LogP contribution in [0.2, 0.25) is 0 Å². The van der Waals surface area contributed by atoms with E-state index in [9.17, 15) is 13.2 Å². The van der Waals surface area contributed by atoms with Gasteiger partial charge in [0.25, 0.3) is 0 Å². The molecule has 3 rings (SSSR count). The van der Waals surface area contributed by atoms with E-state index < -0.39 is 9.84 Å². The fourth-order valence-corrected chi connectivity index (χ4v) is 5.28. The molecule has 2 aliphatic rings. The van der Waals surface area contributed by atoms with Gasteiger partial charge in [0.1, 0.15) is 5.82 Å². The second kappa shape index (κ2) is 7.25. The molecule has 3 heterocycles. The highest BCUT2D eigenvalue weighted by Gasteiger charge is 2.36. The van der Waals surface area contributed by atoms with E-state index in [0.717, 1.165) is 32.0 Å². The van der Waals surface area contributed by atoms with Crippen LogP contribution in [0.1, 0.15) is 13.3 Å². The van der Waals surface area contributed by atoms with Crippen LogP contribution in [0.15, 0.2) is 18.6 Å². The molecule has 2 fully saturated rings. The number of hydrogen-bond acceptors (Lipinski definition) is 7. The third kappa shape index (κ3) is 4.09. The summed E-state index contributed by atoms with van der Waals surface area (Å²) in [5.41, 5.74) is 0. The van der Waals surface area contributed by atoms with Gasteiger partial charge < -0.3 is 9.80 Å². The number of hydrogen-bond donors (Lipinski definition) is 0. The standard InChI is InChI=1S/C16H25N5O3S/c1-13(16(22)19(2)14-3-10-25(23,24)12-14)20-6-8-21(9-7-20)15-11-17-4-5-18-15/h4-5,11,13-14H,3,6-10,12H2,1-2H3/t13-,14+/m1/s1. The minimum Gasteiger partial charge on any atom is -0.353 e. The Morgan fingerprint density at radius 1 is 1.28 bits per heavy atom. The lowest BCUT2D eigenvalue weighted by Crippen LogP contribution is -2.55. The normalized spacial score (nSPS) is 24.9. The van der Waals surface area contributed by atoms with Crippen molar-refractivity contribution in [3.05, 3.63) is 18.6 Å². The predicted molar refractivity (Wildman–Crippen MR) is 95.1 cm³/mol. The fraction of sp³-hybridized carbons (Fsp3) is 0.688. The first-order valence-corrected chi connectivity index (χ1v) is 10.4. The molecule has 2 aliphatic heterocycles. The first-order valence-electron chi connectivity index (χ1n) is 8.59. The van der Waals surface area contributed by atoms with Gasteiger partial charge in [0.2, 0.25) is 5.91 Å². The van der Waals surface area contributed by atoms with Crippen molar-refractivity contribution in [1.29, 1.82) is 0 Å². The molecule has 0 bridgehead atoms. The van der Waals surface area contributed by atoms with Gasteiger partial charge in [-0.25, -0.2) is 13.4 Å². The van der Waals surface area contributed by atoms with Gasteiger partial charge >= 0.3 is 0 Å². The van der Waals surface area contributed by atoms with E-state index >= 15 is 0 Å². The molecule has 0 N–H and O–H groups in total. The number of sulfone groups is 1. The number of piperazine rings is 1. The number of carbonyl (C=O) groups excluding carboxylic acids is 1. The van der Waals surface area contributed by atoms with Crippen LogP contribution in [0.4, 0.5) is 5.82 Å². The van der Waals surface area contributed by atoms with Crippen molar-refractivity contribution >= 4 is 21.6 Å². The van der Waals surface area contributed by atoms with Gasteiger partial charge in [0.15, 0.2) is 9.84 Å². The topological polar surface area (TPSA) is 86.7 Å². The summed E-state index contributed by atoms with van der Waals surface area (Å²) in [7, 11) is -1.27. The van der Waals surface area contributed by atoms with Gasteiger partial charge in [-0.15, -0.1) is 0 Å². The van der Waals surface area contributed by atoms with Crippen LogP contribution in [-0.2, 0) is 14.6 Å². The second-order valence-corrected chi connectivity index (χ2v) is 9.00. The van der Waals surface area contributed by atoms with Crippen molar-refractivity contribution < 1.29 is 13.2 Å². The Kier molecular flexibility index (Phi) is 5.24. The lowest BCUT2D eigenvalue weighted by Gasteiger charge is -2.39. The van der Waals surface area contributed by atoms with Crippen LogP contribution < -0.4 is 4.90 Å². The van der Waals surface area contributed by atoms with Crippen LogP contribution >= 0.6 is 0 Å².